The Labute approximate surface area is 120 Å². The molecule has 0 spiro atoms. The Bertz CT molecular complexity index is 704. The second kappa shape index (κ2) is 5.46. The van der Waals surface area contributed by atoms with Gasteiger partial charge in [-0.15, -0.1) is 11.3 Å². The lowest BCUT2D eigenvalue weighted by Gasteiger charge is -2.07. The Balaban J connectivity index is 1.79. The van der Waals surface area contributed by atoms with Gasteiger partial charge in [-0.25, -0.2) is 4.39 Å². The largest absolute Gasteiger partial charge is 0.378 e. The van der Waals surface area contributed by atoms with E-state index in [9.17, 15) is 4.39 Å². The zero-order valence-electron chi connectivity index (χ0n) is 11.0. The van der Waals surface area contributed by atoms with Crippen molar-refractivity contribution in [2.75, 3.05) is 5.32 Å². The van der Waals surface area contributed by atoms with E-state index < -0.39 is 0 Å². The summed E-state index contributed by atoms with van der Waals surface area (Å²) in [4.78, 5) is 0.950. The fourth-order valence-corrected chi connectivity index (χ4v) is 2.76. The fourth-order valence-electron chi connectivity index (χ4n) is 2.02. The van der Waals surface area contributed by atoms with Crippen LogP contribution in [-0.4, -0.2) is 9.78 Å². The molecule has 0 fully saturated rings. The molecule has 0 bridgehead atoms. The SMILES string of the molecule is Cn1cc(NCc2ccc(F)c(-c3cccs3)c2)cn1. The van der Waals surface area contributed by atoms with Gasteiger partial charge in [-0.05, 0) is 29.1 Å². The van der Waals surface area contributed by atoms with Gasteiger partial charge in [-0.3, -0.25) is 4.68 Å². The van der Waals surface area contributed by atoms with Gasteiger partial charge >= 0.3 is 0 Å². The van der Waals surface area contributed by atoms with Crippen molar-refractivity contribution in [1.82, 2.24) is 9.78 Å². The first-order chi connectivity index (χ1) is 9.72. The van der Waals surface area contributed by atoms with E-state index in [-0.39, 0.29) is 5.82 Å². The van der Waals surface area contributed by atoms with Gasteiger partial charge in [0.25, 0.3) is 0 Å². The third-order valence-corrected chi connectivity index (χ3v) is 3.92. The molecule has 0 aliphatic carbocycles. The topological polar surface area (TPSA) is 29.9 Å². The number of thiophene rings is 1. The number of anilines is 1. The zero-order valence-corrected chi connectivity index (χ0v) is 11.8. The van der Waals surface area contributed by atoms with Gasteiger partial charge in [0.05, 0.1) is 11.9 Å². The summed E-state index contributed by atoms with van der Waals surface area (Å²) in [6.07, 6.45) is 3.67. The number of benzene rings is 1. The van der Waals surface area contributed by atoms with E-state index in [1.54, 1.807) is 28.3 Å². The van der Waals surface area contributed by atoms with Crippen LogP contribution >= 0.6 is 11.3 Å². The predicted octanol–water partition coefficient (Wildman–Crippen LogP) is 3.90. The maximum Gasteiger partial charge on any atom is 0.131 e. The molecule has 0 radical (unpaired) electrons. The quantitative estimate of drug-likeness (QED) is 0.788. The lowest BCUT2D eigenvalue weighted by atomic mass is 10.1. The van der Waals surface area contributed by atoms with Crippen molar-refractivity contribution in [3.63, 3.8) is 0 Å². The maximum absolute atomic E-state index is 13.9. The molecule has 0 amide bonds. The highest BCUT2D eigenvalue weighted by Crippen LogP contribution is 2.28. The van der Waals surface area contributed by atoms with Gasteiger partial charge < -0.3 is 5.32 Å². The first kappa shape index (κ1) is 12.9. The highest BCUT2D eigenvalue weighted by molar-refractivity contribution is 7.13. The molecule has 0 aliphatic rings. The number of aryl methyl sites for hydroxylation is 1. The average Bonchev–Trinajstić information content (AvgIpc) is 3.09. The summed E-state index contributed by atoms with van der Waals surface area (Å²) in [7, 11) is 1.87. The number of rotatable bonds is 4. The zero-order chi connectivity index (χ0) is 13.9. The van der Waals surface area contributed by atoms with Gasteiger partial charge in [-0.2, -0.15) is 5.10 Å². The van der Waals surface area contributed by atoms with Crippen LogP contribution in [0.1, 0.15) is 5.56 Å². The fraction of sp³-hybridized carbons (Fsp3) is 0.133. The van der Waals surface area contributed by atoms with Crippen LogP contribution in [0.2, 0.25) is 0 Å². The normalized spacial score (nSPS) is 10.7. The van der Waals surface area contributed by atoms with E-state index in [4.69, 9.17) is 0 Å². The number of aromatic nitrogens is 2. The molecule has 0 aliphatic heterocycles. The van der Waals surface area contributed by atoms with Crippen LogP contribution in [0.25, 0.3) is 10.4 Å². The molecule has 3 nitrogen and oxygen atoms in total. The number of halogens is 1. The minimum absolute atomic E-state index is 0.183. The van der Waals surface area contributed by atoms with Crippen molar-refractivity contribution in [3.05, 3.63) is 59.5 Å². The van der Waals surface area contributed by atoms with Gasteiger partial charge in [0, 0.05) is 30.2 Å². The first-order valence-corrected chi connectivity index (χ1v) is 7.15. The number of nitrogens with one attached hydrogen (secondary N) is 1. The van der Waals surface area contributed by atoms with Crippen molar-refractivity contribution < 1.29 is 4.39 Å². The van der Waals surface area contributed by atoms with Crippen molar-refractivity contribution in [2.45, 2.75) is 6.54 Å². The Hall–Kier alpha value is -2.14. The summed E-state index contributed by atoms with van der Waals surface area (Å²) >= 11 is 1.54. The molecule has 3 aromatic rings. The Kier molecular flexibility index (Phi) is 3.52. The minimum atomic E-state index is -0.183. The van der Waals surface area contributed by atoms with E-state index >= 15 is 0 Å². The average molecular weight is 287 g/mol. The number of nitrogens with zero attached hydrogens (tertiary/aromatic N) is 2. The van der Waals surface area contributed by atoms with Crippen LogP contribution in [0.3, 0.4) is 0 Å². The van der Waals surface area contributed by atoms with E-state index in [1.807, 2.05) is 36.8 Å². The highest BCUT2D eigenvalue weighted by atomic mass is 32.1. The summed E-state index contributed by atoms with van der Waals surface area (Å²) in [6, 6.07) is 9.08. The number of hydrogen-bond donors (Lipinski definition) is 1. The Morgan fingerprint density at radius 2 is 2.25 bits per heavy atom. The molecular formula is C15H14FN3S. The van der Waals surface area contributed by atoms with Crippen molar-refractivity contribution >= 4 is 17.0 Å². The molecule has 0 saturated carbocycles. The maximum atomic E-state index is 13.9. The highest BCUT2D eigenvalue weighted by Gasteiger charge is 2.07. The van der Waals surface area contributed by atoms with Crippen LogP contribution in [0.15, 0.2) is 48.1 Å². The van der Waals surface area contributed by atoms with Crippen molar-refractivity contribution in [1.29, 1.82) is 0 Å². The van der Waals surface area contributed by atoms with Crippen LogP contribution in [0.4, 0.5) is 10.1 Å². The summed E-state index contributed by atoms with van der Waals surface area (Å²) in [5, 5.41) is 9.32. The van der Waals surface area contributed by atoms with Gasteiger partial charge in [0.1, 0.15) is 5.82 Å². The molecule has 102 valence electrons. The summed E-state index contributed by atoms with van der Waals surface area (Å²) in [5.41, 5.74) is 2.65. The Morgan fingerprint density at radius 3 is 2.95 bits per heavy atom. The molecule has 3 rings (SSSR count). The van der Waals surface area contributed by atoms with E-state index in [1.165, 1.54) is 6.07 Å². The van der Waals surface area contributed by atoms with Gasteiger partial charge in [0.2, 0.25) is 0 Å². The molecular weight excluding hydrogens is 273 g/mol. The number of hydrogen-bond acceptors (Lipinski definition) is 3. The molecule has 2 aromatic heterocycles. The monoisotopic (exact) mass is 287 g/mol. The van der Waals surface area contributed by atoms with Gasteiger partial charge in [0.15, 0.2) is 0 Å². The molecule has 0 unspecified atom stereocenters. The third kappa shape index (κ3) is 2.72. The van der Waals surface area contributed by atoms with Crippen molar-refractivity contribution in [2.24, 2.45) is 7.05 Å². The summed E-state index contributed by atoms with van der Waals surface area (Å²) < 4.78 is 15.6. The molecule has 0 saturated heterocycles. The molecule has 0 atom stereocenters. The summed E-state index contributed by atoms with van der Waals surface area (Å²) in [5.74, 6) is -0.183. The molecule has 20 heavy (non-hydrogen) atoms. The second-order valence-corrected chi connectivity index (χ2v) is 5.50. The standard InChI is InChI=1S/C15H14FN3S/c1-19-10-12(9-18-19)17-8-11-4-5-14(16)13(7-11)15-3-2-6-20-15/h2-7,9-10,17H,8H2,1H3. The molecule has 1 aromatic carbocycles. The van der Waals surface area contributed by atoms with Crippen LogP contribution in [0.5, 0.6) is 0 Å². The minimum Gasteiger partial charge on any atom is -0.378 e. The lowest BCUT2D eigenvalue weighted by Crippen LogP contribution is -1.99. The summed E-state index contributed by atoms with van der Waals surface area (Å²) in [6.45, 7) is 0.643. The van der Waals surface area contributed by atoms with Crippen molar-refractivity contribution in [3.8, 4) is 10.4 Å². The van der Waals surface area contributed by atoms with Gasteiger partial charge in [-0.1, -0.05) is 12.1 Å². The molecule has 2 heterocycles. The predicted molar refractivity (Wildman–Crippen MR) is 80.2 cm³/mol. The third-order valence-electron chi connectivity index (χ3n) is 3.02. The van der Waals surface area contributed by atoms with Crippen LogP contribution in [0, 0.1) is 5.82 Å². The smallest absolute Gasteiger partial charge is 0.131 e. The van der Waals surface area contributed by atoms with Crippen LogP contribution < -0.4 is 5.32 Å². The van der Waals surface area contributed by atoms with E-state index in [0.717, 1.165) is 16.1 Å². The van der Waals surface area contributed by atoms with E-state index in [0.29, 0.717) is 12.1 Å². The Morgan fingerprint density at radius 1 is 1.35 bits per heavy atom. The second-order valence-electron chi connectivity index (χ2n) is 4.55. The molecule has 1 N–H and O–H groups in total. The lowest BCUT2D eigenvalue weighted by molar-refractivity contribution is 0.631. The molecule has 5 heteroatoms. The first-order valence-electron chi connectivity index (χ1n) is 6.27. The van der Waals surface area contributed by atoms with Crippen LogP contribution in [-0.2, 0) is 13.6 Å². The van der Waals surface area contributed by atoms with E-state index in [2.05, 4.69) is 10.4 Å².